The van der Waals surface area contributed by atoms with Gasteiger partial charge < -0.3 is 0 Å². The molecule has 3 aromatic rings. The molecule has 0 aromatic heterocycles. The van der Waals surface area contributed by atoms with Crippen molar-refractivity contribution in [2.75, 3.05) is 12.8 Å². The van der Waals surface area contributed by atoms with Gasteiger partial charge in [-0.05, 0) is 0 Å². The summed E-state index contributed by atoms with van der Waals surface area (Å²) >= 11 is 2.90. The van der Waals surface area contributed by atoms with E-state index in [9.17, 15) is 0 Å². The average Bonchev–Trinajstić information content (AvgIpc) is 2.82. The minimum atomic E-state index is -2.68. The van der Waals surface area contributed by atoms with Crippen LogP contribution >= 0.6 is 26.3 Å². The van der Waals surface area contributed by atoms with E-state index in [0.717, 1.165) is 12.8 Å². The molecule has 0 amide bonds. The number of benzene rings is 3. The van der Waals surface area contributed by atoms with Crippen LogP contribution < -0.4 is 15.9 Å². The Bertz CT molecular complexity index is 821. The van der Waals surface area contributed by atoms with Crippen LogP contribution in [0.2, 0.25) is 0 Å². The van der Waals surface area contributed by atoms with Gasteiger partial charge in [0.05, 0.1) is 0 Å². The van der Waals surface area contributed by atoms with E-state index in [1.165, 1.54) is 41.6 Å². The van der Waals surface area contributed by atoms with E-state index in [4.69, 9.17) is 4.74 Å². The summed E-state index contributed by atoms with van der Waals surface area (Å²) in [5.41, 5.74) is 0. The summed E-state index contributed by atoms with van der Waals surface area (Å²) in [5, 5.41) is 4.41. The Morgan fingerprint density at radius 3 is 1.60 bits per heavy atom. The van der Waals surface area contributed by atoms with Gasteiger partial charge in [-0.25, -0.2) is 0 Å². The Labute approximate surface area is 194 Å². The Morgan fingerprint density at radius 1 is 0.767 bits per heavy atom. The van der Waals surface area contributed by atoms with E-state index in [1.54, 1.807) is 0 Å². The van der Waals surface area contributed by atoms with Gasteiger partial charge in [-0.3, -0.25) is 0 Å². The predicted molar refractivity (Wildman–Crippen MR) is 141 cm³/mol. The maximum atomic E-state index is 6.35. The minimum absolute atomic E-state index is 0.455. The maximum absolute atomic E-state index is 6.35. The van der Waals surface area contributed by atoms with Crippen molar-refractivity contribution >= 4 is 42.2 Å². The Balaban J connectivity index is 1.84. The summed E-state index contributed by atoms with van der Waals surface area (Å²) in [7, 11) is 0. The second-order valence-electron chi connectivity index (χ2n) is 8.56. The topological polar surface area (TPSA) is 9.23 Å². The third-order valence-corrected chi connectivity index (χ3v) is 18.1. The second-order valence-corrected chi connectivity index (χ2v) is 19.2. The fourth-order valence-corrected chi connectivity index (χ4v) is 14.8. The molecule has 2 unspecified atom stereocenters. The van der Waals surface area contributed by atoms with E-state index >= 15 is 0 Å². The van der Waals surface area contributed by atoms with Crippen LogP contribution in [-0.4, -0.2) is 18.9 Å². The molecule has 3 aromatic carbocycles. The number of rotatable bonds is 7. The molecule has 1 saturated heterocycles. The van der Waals surface area contributed by atoms with Crippen LogP contribution in [0, 0.1) is 5.92 Å². The van der Waals surface area contributed by atoms with Gasteiger partial charge in [0, 0.05) is 0 Å². The van der Waals surface area contributed by atoms with E-state index in [0.29, 0.717) is 12.0 Å². The van der Waals surface area contributed by atoms with E-state index in [-0.39, 0.29) is 0 Å². The van der Waals surface area contributed by atoms with Gasteiger partial charge in [0.15, 0.2) is 0 Å². The van der Waals surface area contributed by atoms with Crippen LogP contribution in [-0.2, 0) is 4.74 Å². The van der Waals surface area contributed by atoms with Gasteiger partial charge in [0.25, 0.3) is 0 Å². The van der Waals surface area contributed by atoms with Crippen molar-refractivity contribution in [2.24, 2.45) is 5.92 Å². The third-order valence-electron chi connectivity index (χ3n) is 6.56. The Morgan fingerprint density at radius 2 is 1.23 bits per heavy atom. The number of halogens is 1. The molecule has 0 bridgehead atoms. The summed E-state index contributed by atoms with van der Waals surface area (Å²) in [6.07, 6.45) is 6.47. The number of hydrogen-bond acceptors (Lipinski definition) is 1. The van der Waals surface area contributed by atoms with Crippen molar-refractivity contribution in [3.8, 4) is 0 Å². The van der Waals surface area contributed by atoms with Crippen LogP contribution in [0.3, 0.4) is 0 Å². The first-order valence-electron chi connectivity index (χ1n) is 11.2. The van der Waals surface area contributed by atoms with Gasteiger partial charge in [-0.1, -0.05) is 0 Å². The molecule has 2 atom stereocenters. The van der Waals surface area contributed by atoms with Crippen molar-refractivity contribution in [1.29, 1.82) is 0 Å². The molecule has 1 heterocycles. The Kier molecular flexibility index (Phi) is 6.97. The number of hydrogen-bond donors (Lipinski definition) is 0. The molecule has 0 radical (unpaired) electrons. The van der Waals surface area contributed by atoms with Gasteiger partial charge in [0.2, 0.25) is 0 Å². The first-order valence-corrected chi connectivity index (χ1v) is 16.4. The molecule has 1 nitrogen and oxygen atoms in total. The molecule has 1 aliphatic rings. The van der Waals surface area contributed by atoms with E-state index in [2.05, 4.69) is 120 Å². The zero-order valence-electron chi connectivity index (χ0n) is 17.8. The summed E-state index contributed by atoms with van der Waals surface area (Å²) < 4.78 is 3.67. The standard InChI is InChI=1S/C27H32IOP/c1-2-12-24-20-19-23(21-29-24)22-30(28,25-13-6-3-7-14-25,26-15-8-4-9-16-26)27-17-10-5-11-18-27/h3-11,13-18,23-24H,2,12,19-22H2,1H3. The molecule has 1 aliphatic heterocycles. The zero-order valence-corrected chi connectivity index (χ0v) is 20.8. The fourth-order valence-electron chi connectivity index (χ4n) is 5.02. The summed E-state index contributed by atoms with van der Waals surface area (Å²) in [6.45, 7) is 3.14. The predicted octanol–water partition coefficient (Wildman–Crippen LogP) is 6.46. The van der Waals surface area contributed by atoms with Gasteiger partial charge in [-0.2, -0.15) is 0 Å². The SMILES string of the molecule is CCCC1CCC(CP(I)(c2ccccc2)(c2ccccc2)c2ccccc2)CO1. The van der Waals surface area contributed by atoms with Gasteiger partial charge in [0.1, 0.15) is 0 Å². The number of ether oxygens (including phenoxy) is 1. The molecule has 158 valence electrons. The molecule has 0 saturated carbocycles. The van der Waals surface area contributed by atoms with Crippen LogP contribution in [0.4, 0.5) is 0 Å². The van der Waals surface area contributed by atoms with E-state index in [1.807, 2.05) is 0 Å². The van der Waals surface area contributed by atoms with Gasteiger partial charge >= 0.3 is 195 Å². The molecule has 0 aliphatic carbocycles. The Hall–Kier alpha value is -1.22. The first kappa shape index (κ1) is 22.0. The summed E-state index contributed by atoms with van der Waals surface area (Å²) in [6, 6.07) is 33.8. The molecule has 4 rings (SSSR count). The quantitative estimate of drug-likeness (QED) is 0.252. The molecule has 1 fully saturated rings. The second kappa shape index (κ2) is 9.51. The van der Waals surface area contributed by atoms with Crippen molar-refractivity contribution in [1.82, 2.24) is 0 Å². The first-order chi connectivity index (χ1) is 14.6. The van der Waals surface area contributed by atoms with Crippen molar-refractivity contribution in [2.45, 2.75) is 38.7 Å². The molecule has 30 heavy (non-hydrogen) atoms. The van der Waals surface area contributed by atoms with Crippen molar-refractivity contribution in [3.63, 3.8) is 0 Å². The summed E-state index contributed by atoms with van der Waals surface area (Å²) in [4.78, 5) is 0. The van der Waals surface area contributed by atoms with Crippen molar-refractivity contribution < 1.29 is 4.74 Å². The molecule has 0 N–H and O–H groups in total. The monoisotopic (exact) mass is 530 g/mol. The molecule has 0 spiro atoms. The van der Waals surface area contributed by atoms with E-state index < -0.39 is 4.25 Å². The van der Waals surface area contributed by atoms with Gasteiger partial charge in [-0.15, -0.1) is 0 Å². The molecule has 3 heteroatoms. The average molecular weight is 530 g/mol. The third kappa shape index (κ3) is 4.11. The zero-order chi connectivity index (χ0) is 20.9. The van der Waals surface area contributed by atoms with Crippen LogP contribution in [0.15, 0.2) is 91.0 Å². The van der Waals surface area contributed by atoms with Crippen LogP contribution in [0.25, 0.3) is 0 Å². The van der Waals surface area contributed by atoms with Crippen LogP contribution in [0.1, 0.15) is 32.6 Å². The molecular formula is C27H32IOP. The van der Waals surface area contributed by atoms with Crippen molar-refractivity contribution in [3.05, 3.63) is 91.0 Å². The fraction of sp³-hybridized carbons (Fsp3) is 0.333. The summed E-state index contributed by atoms with van der Waals surface area (Å²) in [5.74, 6) is 0.577. The molecular weight excluding hydrogens is 498 g/mol. The normalized spacial score (nSPS) is 20.9. The van der Waals surface area contributed by atoms with Crippen LogP contribution in [0.5, 0.6) is 0 Å².